The fourth-order valence-electron chi connectivity index (χ4n) is 2.56. The van der Waals surface area contributed by atoms with E-state index in [1.165, 1.54) is 0 Å². The molecule has 0 aromatic carbocycles. The SMILES string of the molecule is CCCC(C)(C=O)CN1CCC(OC)CC1. The molecular weight excluding hydrogens is 202 g/mol. The van der Waals surface area contributed by atoms with E-state index in [1.807, 2.05) is 0 Å². The number of hydrogen-bond donors (Lipinski definition) is 0. The summed E-state index contributed by atoms with van der Waals surface area (Å²) in [6, 6.07) is 0. The van der Waals surface area contributed by atoms with Crippen molar-refractivity contribution in [2.45, 2.75) is 45.6 Å². The molecule has 1 aliphatic rings. The smallest absolute Gasteiger partial charge is 0.127 e. The Hall–Kier alpha value is -0.410. The van der Waals surface area contributed by atoms with Crippen LogP contribution in [0.4, 0.5) is 0 Å². The van der Waals surface area contributed by atoms with E-state index in [1.54, 1.807) is 7.11 Å². The lowest BCUT2D eigenvalue weighted by atomic mass is 9.86. The van der Waals surface area contributed by atoms with Gasteiger partial charge in [0.2, 0.25) is 0 Å². The van der Waals surface area contributed by atoms with Crippen LogP contribution in [0.5, 0.6) is 0 Å². The Bertz CT molecular complexity index is 212. The third kappa shape index (κ3) is 3.87. The molecule has 0 saturated carbocycles. The highest BCUT2D eigenvalue weighted by atomic mass is 16.5. The van der Waals surface area contributed by atoms with E-state index in [4.69, 9.17) is 4.74 Å². The van der Waals surface area contributed by atoms with Gasteiger partial charge in [0, 0.05) is 32.2 Å². The first kappa shape index (κ1) is 13.7. The Labute approximate surface area is 99.1 Å². The molecule has 94 valence electrons. The summed E-state index contributed by atoms with van der Waals surface area (Å²) in [5.41, 5.74) is -0.158. The van der Waals surface area contributed by atoms with E-state index in [0.29, 0.717) is 6.10 Å². The minimum atomic E-state index is -0.158. The number of aldehydes is 1. The normalized spacial score (nSPS) is 22.9. The van der Waals surface area contributed by atoms with Crippen molar-refractivity contribution in [2.75, 3.05) is 26.7 Å². The van der Waals surface area contributed by atoms with Gasteiger partial charge in [-0.15, -0.1) is 0 Å². The summed E-state index contributed by atoms with van der Waals surface area (Å²) in [6.45, 7) is 7.24. The molecule has 1 fully saturated rings. The number of hydrogen-bond acceptors (Lipinski definition) is 3. The van der Waals surface area contributed by atoms with Gasteiger partial charge in [0.1, 0.15) is 6.29 Å². The average molecular weight is 227 g/mol. The van der Waals surface area contributed by atoms with Crippen molar-refractivity contribution in [3.05, 3.63) is 0 Å². The number of methoxy groups -OCH3 is 1. The number of nitrogens with zero attached hydrogens (tertiary/aromatic N) is 1. The second-order valence-corrected chi connectivity index (χ2v) is 5.23. The zero-order chi connectivity index (χ0) is 12.0. The number of ether oxygens (including phenoxy) is 1. The van der Waals surface area contributed by atoms with E-state index < -0.39 is 0 Å². The molecule has 1 unspecified atom stereocenters. The lowest BCUT2D eigenvalue weighted by Gasteiger charge is -2.36. The van der Waals surface area contributed by atoms with Crippen LogP contribution in [-0.2, 0) is 9.53 Å². The van der Waals surface area contributed by atoms with Gasteiger partial charge in [-0.25, -0.2) is 0 Å². The first-order valence-corrected chi connectivity index (χ1v) is 6.35. The third-order valence-corrected chi connectivity index (χ3v) is 3.56. The number of rotatable bonds is 6. The number of likely N-dealkylation sites (tertiary alicyclic amines) is 1. The van der Waals surface area contributed by atoms with Crippen LogP contribution < -0.4 is 0 Å². The number of piperidine rings is 1. The van der Waals surface area contributed by atoms with Crippen LogP contribution in [0, 0.1) is 5.41 Å². The minimum Gasteiger partial charge on any atom is -0.381 e. The van der Waals surface area contributed by atoms with Gasteiger partial charge in [-0.3, -0.25) is 0 Å². The second kappa shape index (κ2) is 6.36. The van der Waals surface area contributed by atoms with Crippen LogP contribution >= 0.6 is 0 Å². The molecule has 0 N–H and O–H groups in total. The van der Waals surface area contributed by atoms with Crippen molar-refractivity contribution in [1.82, 2.24) is 4.90 Å². The molecule has 0 aromatic heterocycles. The van der Waals surface area contributed by atoms with Crippen molar-refractivity contribution < 1.29 is 9.53 Å². The Morgan fingerprint density at radius 3 is 2.50 bits per heavy atom. The lowest BCUT2D eigenvalue weighted by Crippen LogP contribution is -2.43. The molecule has 3 heteroatoms. The summed E-state index contributed by atoms with van der Waals surface area (Å²) >= 11 is 0. The first-order valence-electron chi connectivity index (χ1n) is 6.35. The van der Waals surface area contributed by atoms with Gasteiger partial charge in [-0.05, 0) is 19.3 Å². The molecule has 1 rings (SSSR count). The summed E-state index contributed by atoms with van der Waals surface area (Å²) in [5.74, 6) is 0. The van der Waals surface area contributed by atoms with Crippen LogP contribution in [0.2, 0.25) is 0 Å². The van der Waals surface area contributed by atoms with Gasteiger partial charge >= 0.3 is 0 Å². The molecule has 0 aromatic rings. The monoisotopic (exact) mass is 227 g/mol. The fraction of sp³-hybridized carbons (Fsp3) is 0.923. The second-order valence-electron chi connectivity index (χ2n) is 5.23. The maximum Gasteiger partial charge on any atom is 0.127 e. The van der Waals surface area contributed by atoms with Crippen LogP contribution in [0.3, 0.4) is 0 Å². The molecule has 1 aliphatic heterocycles. The quantitative estimate of drug-likeness (QED) is 0.651. The number of carbonyl (C=O) groups excluding carboxylic acids is 1. The lowest BCUT2D eigenvalue weighted by molar-refractivity contribution is -0.117. The van der Waals surface area contributed by atoms with Crippen molar-refractivity contribution in [3.63, 3.8) is 0 Å². The van der Waals surface area contributed by atoms with Crippen molar-refractivity contribution in [3.8, 4) is 0 Å². The molecular formula is C13H25NO2. The summed E-state index contributed by atoms with van der Waals surface area (Å²) in [6.07, 6.45) is 5.81. The summed E-state index contributed by atoms with van der Waals surface area (Å²) in [5, 5.41) is 0. The molecule has 0 spiro atoms. The zero-order valence-electron chi connectivity index (χ0n) is 10.9. The van der Waals surface area contributed by atoms with Crippen molar-refractivity contribution >= 4 is 6.29 Å². The Balaban J connectivity index is 2.39. The molecule has 0 aliphatic carbocycles. The van der Waals surface area contributed by atoms with Crippen LogP contribution in [0.1, 0.15) is 39.5 Å². The standard InChI is InChI=1S/C13H25NO2/c1-4-7-13(2,11-15)10-14-8-5-12(16-3)6-9-14/h11-12H,4-10H2,1-3H3. The highest BCUT2D eigenvalue weighted by molar-refractivity contribution is 5.59. The van der Waals surface area contributed by atoms with Gasteiger partial charge < -0.3 is 14.4 Å². The van der Waals surface area contributed by atoms with Gasteiger partial charge in [0.05, 0.1) is 6.10 Å². The first-order chi connectivity index (χ1) is 7.63. The molecule has 1 heterocycles. The van der Waals surface area contributed by atoms with E-state index >= 15 is 0 Å². The average Bonchev–Trinajstić information content (AvgIpc) is 2.30. The van der Waals surface area contributed by atoms with Crippen molar-refractivity contribution in [2.24, 2.45) is 5.41 Å². The zero-order valence-corrected chi connectivity index (χ0v) is 10.9. The predicted octanol–water partition coefficient (Wildman–Crippen LogP) is 2.10. The molecule has 1 atom stereocenters. The van der Waals surface area contributed by atoms with E-state index in [2.05, 4.69) is 18.7 Å². The maximum absolute atomic E-state index is 11.2. The summed E-state index contributed by atoms with van der Waals surface area (Å²) in [4.78, 5) is 13.6. The van der Waals surface area contributed by atoms with Crippen molar-refractivity contribution in [1.29, 1.82) is 0 Å². The van der Waals surface area contributed by atoms with E-state index in [0.717, 1.165) is 51.6 Å². The summed E-state index contributed by atoms with van der Waals surface area (Å²) in [7, 11) is 1.78. The van der Waals surface area contributed by atoms with Crippen LogP contribution in [0.15, 0.2) is 0 Å². The van der Waals surface area contributed by atoms with Gasteiger partial charge in [0.15, 0.2) is 0 Å². The topological polar surface area (TPSA) is 29.5 Å². The predicted molar refractivity (Wildman–Crippen MR) is 65.6 cm³/mol. The van der Waals surface area contributed by atoms with E-state index in [-0.39, 0.29) is 5.41 Å². The maximum atomic E-state index is 11.2. The molecule has 0 bridgehead atoms. The van der Waals surface area contributed by atoms with Gasteiger partial charge in [-0.1, -0.05) is 20.3 Å². The van der Waals surface area contributed by atoms with E-state index in [9.17, 15) is 4.79 Å². The van der Waals surface area contributed by atoms with Crippen LogP contribution in [0.25, 0.3) is 0 Å². The highest BCUT2D eigenvalue weighted by Gasteiger charge is 2.28. The minimum absolute atomic E-state index is 0.158. The molecule has 1 saturated heterocycles. The summed E-state index contributed by atoms with van der Waals surface area (Å²) < 4.78 is 5.35. The Morgan fingerprint density at radius 1 is 1.44 bits per heavy atom. The fourth-order valence-corrected chi connectivity index (χ4v) is 2.56. The molecule has 16 heavy (non-hydrogen) atoms. The number of carbonyl (C=O) groups is 1. The highest BCUT2D eigenvalue weighted by Crippen LogP contribution is 2.24. The largest absolute Gasteiger partial charge is 0.381 e. The third-order valence-electron chi connectivity index (χ3n) is 3.56. The molecule has 3 nitrogen and oxygen atoms in total. The Kier molecular flexibility index (Phi) is 5.42. The van der Waals surface area contributed by atoms with Crippen LogP contribution in [-0.4, -0.2) is 44.0 Å². The molecule has 0 radical (unpaired) electrons. The van der Waals surface area contributed by atoms with Gasteiger partial charge in [-0.2, -0.15) is 0 Å². The van der Waals surface area contributed by atoms with Gasteiger partial charge in [0.25, 0.3) is 0 Å². The molecule has 0 amide bonds. The Morgan fingerprint density at radius 2 is 2.06 bits per heavy atom.